The summed E-state index contributed by atoms with van der Waals surface area (Å²) in [6.07, 6.45) is 6.22. The van der Waals surface area contributed by atoms with Gasteiger partial charge < -0.3 is 10.6 Å². The molecule has 1 heterocycles. The molecule has 1 saturated heterocycles. The molecule has 1 aliphatic heterocycles. The predicted molar refractivity (Wildman–Crippen MR) is 84.5 cm³/mol. The normalized spacial score (nSPS) is 25.5. The Morgan fingerprint density at radius 3 is 2.71 bits per heavy atom. The van der Waals surface area contributed by atoms with E-state index in [4.69, 9.17) is 5.73 Å². The van der Waals surface area contributed by atoms with Crippen LogP contribution in [0.5, 0.6) is 0 Å². The van der Waals surface area contributed by atoms with E-state index in [0.29, 0.717) is 16.0 Å². The summed E-state index contributed by atoms with van der Waals surface area (Å²) in [5, 5.41) is 0. The molecule has 21 heavy (non-hydrogen) atoms. The van der Waals surface area contributed by atoms with Crippen molar-refractivity contribution in [1.29, 1.82) is 0 Å². The molecule has 2 atom stereocenters. The van der Waals surface area contributed by atoms with E-state index in [9.17, 15) is 9.18 Å². The van der Waals surface area contributed by atoms with Gasteiger partial charge in [-0.3, -0.25) is 4.79 Å². The smallest absolute Gasteiger partial charge is 0.255 e. The van der Waals surface area contributed by atoms with E-state index < -0.39 is 5.82 Å². The fraction of sp³-hybridized carbons (Fsp3) is 0.562. The minimum atomic E-state index is -0.496. The molecule has 5 heteroatoms. The van der Waals surface area contributed by atoms with E-state index in [1.807, 2.05) is 4.90 Å². The highest BCUT2D eigenvalue weighted by atomic mass is 79.9. The van der Waals surface area contributed by atoms with Gasteiger partial charge in [0.25, 0.3) is 5.91 Å². The first kappa shape index (κ1) is 14.8. The molecule has 0 bridgehead atoms. The van der Waals surface area contributed by atoms with Crippen LogP contribution < -0.4 is 5.73 Å². The zero-order valence-corrected chi connectivity index (χ0v) is 13.5. The third kappa shape index (κ3) is 2.93. The lowest BCUT2D eigenvalue weighted by Crippen LogP contribution is -2.44. The van der Waals surface area contributed by atoms with E-state index in [1.165, 1.54) is 37.8 Å². The van der Waals surface area contributed by atoms with E-state index >= 15 is 0 Å². The number of amides is 1. The molecule has 0 spiro atoms. The predicted octanol–water partition coefficient (Wildman–Crippen LogP) is 3.82. The van der Waals surface area contributed by atoms with Crippen molar-refractivity contribution in [1.82, 2.24) is 4.90 Å². The standard InChI is InChI=1S/C16H20BrFN2O/c17-13-8-14(18)15(19)7-12(13)16(21)20-6-5-10-3-1-2-4-11(10)9-20/h7-8,10-11H,1-6,9,19H2. The van der Waals surface area contributed by atoms with E-state index in [0.717, 1.165) is 25.4 Å². The number of nitrogen functional groups attached to an aromatic ring is 1. The van der Waals surface area contributed by atoms with Crippen LogP contribution in [-0.2, 0) is 0 Å². The summed E-state index contributed by atoms with van der Waals surface area (Å²) in [6, 6.07) is 2.71. The van der Waals surface area contributed by atoms with Gasteiger partial charge >= 0.3 is 0 Å². The first-order chi connectivity index (χ1) is 10.1. The summed E-state index contributed by atoms with van der Waals surface area (Å²) in [4.78, 5) is 14.6. The lowest BCUT2D eigenvalue weighted by Gasteiger charge is -2.41. The number of rotatable bonds is 1. The molecule has 3 nitrogen and oxygen atoms in total. The minimum absolute atomic E-state index is 0.0223. The molecule has 2 aliphatic rings. The van der Waals surface area contributed by atoms with Gasteiger partial charge in [0.15, 0.2) is 0 Å². The Morgan fingerprint density at radius 2 is 1.95 bits per heavy atom. The van der Waals surface area contributed by atoms with Gasteiger partial charge in [-0.15, -0.1) is 0 Å². The topological polar surface area (TPSA) is 46.3 Å². The fourth-order valence-corrected chi connectivity index (χ4v) is 4.17. The maximum Gasteiger partial charge on any atom is 0.255 e. The highest BCUT2D eigenvalue weighted by Crippen LogP contribution is 2.37. The van der Waals surface area contributed by atoms with Crippen LogP contribution in [0.4, 0.5) is 10.1 Å². The van der Waals surface area contributed by atoms with Crippen LogP contribution in [0, 0.1) is 17.7 Å². The molecule has 1 aromatic rings. The quantitative estimate of drug-likeness (QED) is 0.779. The third-order valence-electron chi connectivity index (χ3n) is 4.90. The van der Waals surface area contributed by atoms with Crippen molar-refractivity contribution < 1.29 is 9.18 Å². The Kier molecular flexibility index (Phi) is 4.20. The summed E-state index contributed by atoms with van der Waals surface area (Å²) in [5.41, 5.74) is 6.08. The second-order valence-corrected chi connectivity index (χ2v) is 7.05. The van der Waals surface area contributed by atoms with E-state index in [-0.39, 0.29) is 11.6 Å². The van der Waals surface area contributed by atoms with Gasteiger partial charge in [-0.25, -0.2) is 4.39 Å². The summed E-state index contributed by atoms with van der Waals surface area (Å²) >= 11 is 3.27. The average molecular weight is 355 g/mol. The van der Waals surface area contributed by atoms with Crippen molar-refractivity contribution in [3.63, 3.8) is 0 Å². The molecule has 3 rings (SSSR count). The van der Waals surface area contributed by atoms with Gasteiger partial charge in [0.2, 0.25) is 0 Å². The van der Waals surface area contributed by atoms with Crippen molar-refractivity contribution in [2.45, 2.75) is 32.1 Å². The van der Waals surface area contributed by atoms with Crippen LogP contribution >= 0.6 is 15.9 Å². The van der Waals surface area contributed by atoms with Crippen LogP contribution in [0.3, 0.4) is 0 Å². The van der Waals surface area contributed by atoms with Gasteiger partial charge in [-0.05, 0) is 52.7 Å². The van der Waals surface area contributed by atoms with Gasteiger partial charge in [0.1, 0.15) is 5.82 Å². The number of nitrogens with zero attached hydrogens (tertiary/aromatic N) is 1. The zero-order valence-electron chi connectivity index (χ0n) is 11.9. The zero-order chi connectivity index (χ0) is 15.0. The highest BCUT2D eigenvalue weighted by Gasteiger charge is 2.33. The van der Waals surface area contributed by atoms with Gasteiger partial charge in [-0.2, -0.15) is 0 Å². The van der Waals surface area contributed by atoms with E-state index in [1.54, 1.807) is 0 Å². The Balaban J connectivity index is 1.78. The molecule has 0 aromatic heterocycles. The number of likely N-dealkylation sites (tertiary alicyclic amines) is 1. The highest BCUT2D eigenvalue weighted by molar-refractivity contribution is 9.10. The fourth-order valence-electron chi connectivity index (χ4n) is 3.69. The summed E-state index contributed by atoms with van der Waals surface area (Å²) in [7, 11) is 0. The Bertz CT molecular complexity index is 563. The first-order valence-corrected chi connectivity index (χ1v) is 8.39. The molecule has 2 N–H and O–H groups in total. The number of benzene rings is 1. The SMILES string of the molecule is Nc1cc(C(=O)N2CCC3CCCCC3C2)c(Br)cc1F. The molecule has 2 unspecified atom stereocenters. The number of halogens is 2. The molecule has 0 radical (unpaired) electrons. The van der Waals surface area contributed by atoms with Crippen LogP contribution in [0.2, 0.25) is 0 Å². The molecule has 2 fully saturated rings. The van der Waals surface area contributed by atoms with Crippen LogP contribution in [0.25, 0.3) is 0 Å². The van der Waals surface area contributed by atoms with Crippen LogP contribution in [-0.4, -0.2) is 23.9 Å². The third-order valence-corrected chi connectivity index (χ3v) is 5.55. The Morgan fingerprint density at radius 1 is 1.24 bits per heavy atom. The van der Waals surface area contributed by atoms with Crippen molar-refractivity contribution >= 4 is 27.5 Å². The van der Waals surface area contributed by atoms with Crippen molar-refractivity contribution in [3.05, 3.63) is 28.0 Å². The number of anilines is 1. The molecular formula is C16H20BrFN2O. The molecule has 1 aromatic carbocycles. The number of carbonyl (C=O) groups excluding carboxylic acids is 1. The largest absolute Gasteiger partial charge is 0.396 e. The molecule has 1 saturated carbocycles. The first-order valence-electron chi connectivity index (χ1n) is 7.60. The second-order valence-electron chi connectivity index (χ2n) is 6.20. The monoisotopic (exact) mass is 354 g/mol. The lowest BCUT2D eigenvalue weighted by molar-refractivity contribution is 0.0520. The van der Waals surface area contributed by atoms with Gasteiger partial charge in [0.05, 0.1) is 11.3 Å². The van der Waals surface area contributed by atoms with Gasteiger partial charge in [0, 0.05) is 17.6 Å². The number of fused-ring (bicyclic) bond motifs is 1. The number of nitrogens with two attached hydrogens (primary N) is 1. The Labute approximate surface area is 132 Å². The maximum atomic E-state index is 13.4. The summed E-state index contributed by atoms with van der Waals surface area (Å²) < 4.78 is 13.9. The molecule has 114 valence electrons. The lowest BCUT2D eigenvalue weighted by atomic mass is 9.75. The van der Waals surface area contributed by atoms with Crippen LogP contribution in [0.1, 0.15) is 42.5 Å². The maximum absolute atomic E-state index is 13.4. The summed E-state index contributed by atoms with van der Waals surface area (Å²) in [6.45, 7) is 1.62. The molecule has 1 aliphatic carbocycles. The number of hydrogen-bond donors (Lipinski definition) is 1. The van der Waals surface area contributed by atoms with Crippen LogP contribution in [0.15, 0.2) is 16.6 Å². The minimum Gasteiger partial charge on any atom is -0.396 e. The second kappa shape index (κ2) is 5.95. The number of hydrogen-bond acceptors (Lipinski definition) is 2. The van der Waals surface area contributed by atoms with E-state index in [2.05, 4.69) is 15.9 Å². The van der Waals surface area contributed by atoms with Gasteiger partial charge in [-0.1, -0.05) is 19.3 Å². The molecule has 1 amide bonds. The number of piperidine rings is 1. The van der Waals surface area contributed by atoms with Crippen molar-refractivity contribution in [2.75, 3.05) is 18.8 Å². The van der Waals surface area contributed by atoms with Crippen molar-refractivity contribution in [2.24, 2.45) is 11.8 Å². The number of carbonyl (C=O) groups is 1. The summed E-state index contributed by atoms with van der Waals surface area (Å²) in [5.74, 6) is 0.875. The average Bonchev–Trinajstić information content (AvgIpc) is 2.50. The Hall–Kier alpha value is -1.10. The molecular weight excluding hydrogens is 335 g/mol. The van der Waals surface area contributed by atoms with Crippen molar-refractivity contribution in [3.8, 4) is 0 Å².